The van der Waals surface area contributed by atoms with Crippen LogP contribution in [0.15, 0.2) is 41.6 Å². The topological polar surface area (TPSA) is 90.2 Å². The zero-order valence-electron chi connectivity index (χ0n) is 8.54. The highest BCUT2D eigenvalue weighted by Crippen LogP contribution is 2.11. The van der Waals surface area contributed by atoms with Crippen molar-refractivity contribution in [1.82, 2.24) is 9.97 Å². The first-order chi connectivity index (χ1) is 7.81. The molecule has 80 valence electrons. The number of nitrogens with zero attached hydrogens (tertiary/aromatic N) is 3. The average Bonchev–Trinajstić information content (AvgIpc) is 2.35. The Kier molecular flexibility index (Phi) is 2.77. The zero-order valence-corrected chi connectivity index (χ0v) is 8.54. The summed E-state index contributed by atoms with van der Waals surface area (Å²) in [6, 6.07) is 7.60. The van der Waals surface area contributed by atoms with Gasteiger partial charge in [0.05, 0.1) is 22.9 Å². The van der Waals surface area contributed by atoms with Crippen LogP contribution in [0.5, 0.6) is 0 Å². The SMILES string of the molecule is NN=CC=C(N)c1cnc2ccccc2n1. The maximum absolute atomic E-state index is 5.78. The van der Waals surface area contributed by atoms with E-state index in [9.17, 15) is 0 Å². The van der Waals surface area contributed by atoms with Crippen LogP contribution in [-0.4, -0.2) is 16.2 Å². The normalized spacial score (nSPS) is 12.4. The number of hydrogen-bond acceptors (Lipinski definition) is 5. The number of allylic oxidation sites excluding steroid dienone is 1. The maximum Gasteiger partial charge on any atom is 0.105 e. The predicted octanol–water partition coefficient (Wildman–Crippen LogP) is 0.874. The molecule has 0 unspecified atom stereocenters. The Hall–Kier alpha value is -2.43. The summed E-state index contributed by atoms with van der Waals surface area (Å²) in [7, 11) is 0. The molecule has 0 saturated heterocycles. The van der Waals surface area contributed by atoms with E-state index >= 15 is 0 Å². The Morgan fingerprint density at radius 3 is 2.75 bits per heavy atom. The molecular weight excluding hydrogens is 202 g/mol. The minimum absolute atomic E-state index is 0.479. The number of benzene rings is 1. The predicted molar refractivity (Wildman–Crippen MR) is 64.4 cm³/mol. The van der Waals surface area contributed by atoms with Gasteiger partial charge in [-0.3, -0.25) is 4.98 Å². The lowest BCUT2D eigenvalue weighted by molar-refractivity contribution is 1.23. The molecule has 0 aliphatic rings. The van der Waals surface area contributed by atoms with Crippen molar-refractivity contribution in [2.45, 2.75) is 0 Å². The standard InChI is InChI=1S/C11H11N5/c12-8(5-6-15-13)11-7-14-9-3-1-2-4-10(9)16-11/h1-7H,12-13H2. The van der Waals surface area contributed by atoms with Gasteiger partial charge in [-0.15, -0.1) is 0 Å². The van der Waals surface area contributed by atoms with Crippen LogP contribution in [-0.2, 0) is 0 Å². The van der Waals surface area contributed by atoms with Crippen molar-refractivity contribution in [3.8, 4) is 0 Å². The molecule has 2 rings (SSSR count). The van der Waals surface area contributed by atoms with Crippen molar-refractivity contribution in [2.75, 3.05) is 0 Å². The lowest BCUT2D eigenvalue weighted by Gasteiger charge is -2.01. The highest BCUT2D eigenvalue weighted by molar-refractivity contribution is 5.83. The fourth-order valence-electron chi connectivity index (χ4n) is 1.30. The summed E-state index contributed by atoms with van der Waals surface area (Å²) in [6.07, 6.45) is 4.61. The largest absolute Gasteiger partial charge is 0.397 e. The summed E-state index contributed by atoms with van der Waals surface area (Å²) in [6.45, 7) is 0. The van der Waals surface area contributed by atoms with E-state index in [0.717, 1.165) is 11.0 Å². The number of rotatable bonds is 2. The number of hydrazone groups is 1. The fraction of sp³-hybridized carbons (Fsp3) is 0. The molecule has 1 aromatic carbocycles. The molecule has 4 N–H and O–H groups in total. The van der Waals surface area contributed by atoms with E-state index in [1.807, 2.05) is 24.3 Å². The van der Waals surface area contributed by atoms with Gasteiger partial charge in [-0.1, -0.05) is 12.1 Å². The van der Waals surface area contributed by atoms with E-state index in [1.165, 1.54) is 6.21 Å². The average molecular weight is 213 g/mol. The molecule has 0 radical (unpaired) electrons. The molecule has 0 saturated carbocycles. The molecule has 0 aliphatic heterocycles. The highest BCUT2D eigenvalue weighted by atomic mass is 15.1. The van der Waals surface area contributed by atoms with Crippen molar-refractivity contribution >= 4 is 22.9 Å². The minimum Gasteiger partial charge on any atom is -0.397 e. The van der Waals surface area contributed by atoms with Crippen LogP contribution in [0.3, 0.4) is 0 Å². The quantitative estimate of drug-likeness (QED) is 0.440. The monoisotopic (exact) mass is 213 g/mol. The van der Waals surface area contributed by atoms with Crippen molar-refractivity contribution in [3.63, 3.8) is 0 Å². The molecule has 0 aliphatic carbocycles. The third-order valence-electron chi connectivity index (χ3n) is 2.08. The molecule has 0 spiro atoms. The Morgan fingerprint density at radius 1 is 1.25 bits per heavy atom. The lowest BCUT2D eigenvalue weighted by atomic mass is 10.2. The van der Waals surface area contributed by atoms with Crippen molar-refractivity contribution in [2.24, 2.45) is 16.7 Å². The summed E-state index contributed by atoms with van der Waals surface area (Å²) >= 11 is 0. The first-order valence-electron chi connectivity index (χ1n) is 4.72. The third kappa shape index (κ3) is 1.98. The van der Waals surface area contributed by atoms with Crippen LogP contribution in [0.1, 0.15) is 5.69 Å². The smallest absolute Gasteiger partial charge is 0.105 e. The van der Waals surface area contributed by atoms with E-state index in [0.29, 0.717) is 11.4 Å². The fourth-order valence-corrected chi connectivity index (χ4v) is 1.30. The number of hydrogen-bond donors (Lipinski definition) is 2. The molecule has 0 fully saturated rings. The van der Waals surface area contributed by atoms with E-state index in [4.69, 9.17) is 11.6 Å². The van der Waals surface area contributed by atoms with Gasteiger partial charge in [0.2, 0.25) is 0 Å². The highest BCUT2D eigenvalue weighted by Gasteiger charge is 2.00. The first kappa shape index (κ1) is 10.1. The van der Waals surface area contributed by atoms with Gasteiger partial charge >= 0.3 is 0 Å². The third-order valence-corrected chi connectivity index (χ3v) is 2.08. The zero-order chi connectivity index (χ0) is 11.4. The second-order valence-electron chi connectivity index (χ2n) is 3.16. The first-order valence-corrected chi connectivity index (χ1v) is 4.72. The Balaban J connectivity index is 2.47. The second-order valence-corrected chi connectivity index (χ2v) is 3.16. The molecular formula is C11H11N5. The number of aromatic nitrogens is 2. The van der Waals surface area contributed by atoms with Gasteiger partial charge < -0.3 is 11.6 Å². The van der Waals surface area contributed by atoms with Crippen molar-refractivity contribution < 1.29 is 0 Å². The van der Waals surface area contributed by atoms with Crippen LogP contribution >= 0.6 is 0 Å². The minimum atomic E-state index is 0.479. The summed E-state index contributed by atoms with van der Waals surface area (Å²) in [5, 5.41) is 3.33. The van der Waals surface area contributed by atoms with E-state index in [-0.39, 0.29) is 0 Å². The van der Waals surface area contributed by atoms with Gasteiger partial charge in [-0.2, -0.15) is 5.10 Å². The molecule has 0 amide bonds. The van der Waals surface area contributed by atoms with Gasteiger partial charge in [0.1, 0.15) is 5.69 Å². The molecule has 0 atom stereocenters. The number of para-hydroxylation sites is 2. The summed E-state index contributed by atoms with van der Waals surface area (Å²) in [5.41, 5.74) is 8.52. The summed E-state index contributed by atoms with van der Waals surface area (Å²) in [4.78, 5) is 8.62. The van der Waals surface area contributed by atoms with E-state index in [2.05, 4.69) is 15.1 Å². The Labute approximate surface area is 92.5 Å². The molecule has 1 heterocycles. The lowest BCUT2D eigenvalue weighted by Crippen LogP contribution is -2.01. The van der Waals surface area contributed by atoms with Crippen LogP contribution in [0.2, 0.25) is 0 Å². The van der Waals surface area contributed by atoms with Crippen molar-refractivity contribution in [3.05, 3.63) is 42.2 Å². The summed E-state index contributed by atoms with van der Waals surface area (Å²) < 4.78 is 0. The molecule has 0 bridgehead atoms. The molecule has 1 aromatic heterocycles. The van der Waals surface area contributed by atoms with Gasteiger partial charge in [0.25, 0.3) is 0 Å². The molecule has 5 nitrogen and oxygen atoms in total. The van der Waals surface area contributed by atoms with Crippen LogP contribution in [0.25, 0.3) is 16.7 Å². The maximum atomic E-state index is 5.78. The van der Waals surface area contributed by atoms with E-state index in [1.54, 1.807) is 12.3 Å². The Morgan fingerprint density at radius 2 is 2.00 bits per heavy atom. The number of nitrogens with two attached hydrogens (primary N) is 2. The van der Waals surface area contributed by atoms with Crippen LogP contribution < -0.4 is 11.6 Å². The van der Waals surface area contributed by atoms with E-state index < -0.39 is 0 Å². The van der Waals surface area contributed by atoms with Crippen LogP contribution in [0, 0.1) is 0 Å². The molecule has 16 heavy (non-hydrogen) atoms. The summed E-state index contributed by atoms with van der Waals surface area (Å²) in [5.74, 6) is 4.98. The van der Waals surface area contributed by atoms with Crippen molar-refractivity contribution in [1.29, 1.82) is 0 Å². The second kappa shape index (κ2) is 4.39. The van der Waals surface area contributed by atoms with Gasteiger partial charge in [-0.25, -0.2) is 4.98 Å². The van der Waals surface area contributed by atoms with Gasteiger partial charge in [0.15, 0.2) is 0 Å². The Bertz CT molecular complexity index is 559. The number of fused-ring (bicyclic) bond motifs is 1. The van der Waals surface area contributed by atoms with Gasteiger partial charge in [-0.05, 0) is 18.2 Å². The van der Waals surface area contributed by atoms with Crippen LogP contribution in [0.4, 0.5) is 0 Å². The molecule has 5 heteroatoms. The van der Waals surface area contributed by atoms with Gasteiger partial charge in [0, 0.05) is 6.21 Å². The molecule has 2 aromatic rings.